The van der Waals surface area contributed by atoms with Crippen molar-refractivity contribution in [3.63, 3.8) is 0 Å². The van der Waals surface area contributed by atoms with Gasteiger partial charge in [0, 0.05) is 20.6 Å². The second-order valence-electron chi connectivity index (χ2n) is 6.72. The maximum absolute atomic E-state index is 10.3. The number of aromatic nitrogens is 4. The summed E-state index contributed by atoms with van der Waals surface area (Å²) in [5.41, 5.74) is 1.37. The molecule has 26 heavy (non-hydrogen) atoms. The van der Waals surface area contributed by atoms with Crippen LogP contribution in [0.5, 0.6) is 0 Å². The highest BCUT2D eigenvalue weighted by atomic mass is 35.5. The van der Waals surface area contributed by atoms with Crippen LogP contribution in [0.25, 0.3) is 11.0 Å². The number of hydrogen-bond acceptors (Lipinski definition) is 8. The quantitative estimate of drug-likeness (QED) is 0.701. The first-order valence-corrected chi connectivity index (χ1v) is 8.98. The molecule has 0 aromatic carbocycles. The Hall–Kier alpha value is -1.93. The van der Waals surface area contributed by atoms with Gasteiger partial charge in [0.15, 0.2) is 11.6 Å². The summed E-state index contributed by atoms with van der Waals surface area (Å²) in [6.45, 7) is 2.92. The van der Waals surface area contributed by atoms with E-state index >= 15 is 0 Å². The number of fused-ring (bicyclic) bond motifs is 1. The van der Waals surface area contributed by atoms with Gasteiger partial charge in [-0.25, -0.2) is 15.0 Å². The Morgan fingerprint density at radius 2 is 1.88 bits per heavy atom. The van der Waals surface area contributed by atoms with Crippen LogP contribution in [-0.2, 0) is 0 Å². The van der Waals surface area contributed by atoms with E-state index in [1.165, 1.54) is 6.33 Å². The van der Waals surface area contributed by atoms with Crippen LogP contribution in [0.4, 0.5) is 17.6 Å². The number of rotatable bonds is 6. The monoisotopic (exact) mass is 381 g/mol. The molecule has 0 unspecified atom stereocenters. The Bertz CT molecular complexity index is 728. The molecule has 0 aliphatic heterocycles. The second kappa shape index (κ2) is 9.14. The van der Waals surface area contributed by atoms with Crippen molar-refractivity contribution in [3.8, 4) is 0 Å². The molecule has 8 nitrogen and oxygen atoms in total. The topological polar surface area (TPSA) is 99.1 Å². The molecule has 0 bridgehead atoms. The summed E-state index contributed by atoms with van der Waals surface area (Å²) in [6.07, 6.45) is 6.09. The molecule has 3 rings (SSSR count). The van der Waals surface area contributed by atoms with E-state index in [1.54, 1.807) is 0 Å². The first-order valence-electron chi connectivity index (χ1n) is 8.98. The van der Waals surface area contributed by atoms with E-state index in [4.69, 9.17) is 0 Å². The molecule has 1 aliphatic rings. The number of aliphatic hydroxyl groups is 1. The zero-order valence-corrected chi connectivity index (χ0v) is 16.4. The highest BCUT2D eigenvalue weighted by Gasteiger charge is 2.24. The number of hydrogen-bond donors (Lipinski definition) is 3. The van der Waals surface area contributed by atoms with Gasteiger partial charge >= 0.3 is 0 Å². The fourth-order valence-corrected chi connectivity index (χ4v) is 3.06. The van der Waals surface area contributed by atoms with E-state index in [0.29, 0.717) is 28.6 Å². The number of halogens is 1. The van der Waals surface area contributed by atoms with E-state index in [1.807, 2.05) is 19.0 Å². The maximum Gasteiger partial charge on any atom is 0.227 e. The molecule has 1 saturated carbocycles. The van der Waals surface area contributed by atoms with E-state index < -0.39 is 0 Å². The Kier molecular flexibility index (Phi) is 7.16. The Morgan fingerprint density at radius 1 is 1.12 bits per heavy atom. The SMILES string of the molecule is CCCNc1nc(N(C)C)nc2c(N[C@@H]3CCCC[C@@H]3O)ncnc12.Cl. The van der Waals surface area contributed by atoms with Gasteiger partial charge in [-0.15, -0.1) is 12.4 Å². The molecule has 1 aliphatic carbocycles. The molecule has 0 radical (unpaired) electrons. The first-order chi connectivity index (χ1) is 12.1. The van der Waals surface area contributed by atoms with Gasteiger partial charge in [0.2, 0.25) is 5.95 Å². The molecular formula is C17H28ClN7O. The van der Waals surface area contributed by atoms with Crippen LogP contribution in [-0.4, -0.2) is 57.8 Å². The van der Waals surface area contributed by atoms with Gasteiger partial charge in [0.1, 0.15) is 17.4 Å². The first kappa shape index (κ1) is 20.4. The second-order valence-corrected chi connectivity index (χ2v) is 6.72. The highest BCUT2D eigenvalue weighted by Crippen LogP contribution is 2.28. The average Bonchev–Trinajstić information content (AvgIpc) is 2.61. The van der Waals surface area contributed by atoms with Crippen molar-refractivity contribution in [1.82, 2.24) is 19.9 Å². The molecule has 2 atom stereocenters. The molecule has 2 heterocycles. The summed E-state index contributed by atoms with van der Waals surface area (Å²) in [4.78, 5) is 19.9. The van der Waals surface area contributed by atoms with Crippen molar-refractivity contribution in [2.45, 2.75) is 51.2 Å². The van der Waals surface area contributed by atoms with Gasteiger partial charge in [0.05, 0.1) is 12.1 Å². The predicted octanol–water partition coefficient (Wildman–Crippen LogP) is 2.44. The predicted molar refractivity (Wildman–Crippen MR) is 107 cm³/mol. The average molecular weight is 382 g/mol. The van der Waals surface area contributed by atoms with Crippen LogP contribution in [0.15, 0.2) is 6.33 Å². The van der Waals surface area contributed by atoms with Gasteiger partial charge in [0.25, 0.3) is 0 Å². The summed E-state index contributed by atoms with van der Waals surface area (Å²) in [7, 11) is 3.82. The number of nitrogens with one attached hydrogen (secondary N) is 2. The lowest BCUT2D eigenvalue weighted by Gasteiger charge is -2.29. The lowest BCUT2D eigenvalue weighted by Crippen LogP contribution is -2.36. The summed E-state index contributed by atoms with van der Waals surface area (Å²) in [6, 6.07) is -0.00308. The fraction of sp³-hybridized carbons (Fsp3) is 0.647. The molecule has 144 valence electrons. The van der Waals surface area contributed by atoms with Crippen molar-refractivity contribution >= 4 is 41.0 Å². The fourth-order valence-electron chi connectivity index (χ4n) is 3.06. The molecule has 0 amide bonds. The highest BCUT2D eigenvalue weighted by molar-refractivity contribution is 5.93. The third-order valence-electron chi connectivity index (χ3n) is 4.46. The van der Waals surface area contributed by atoms with Crippen molar-refractivity contribution in [2.75, 3.05) is 36.2 Å². The molecule has 9 heteroatoms. The van der Waals surface area contributed by atoms with Gasteiger partial charge in [-0.2, -0.15) is 4.98 Å². The zero-order valence-electron chi connectivity index (χ0n) is 15.6. The van der Waals surface area contributed by atoms with E-state index in [0.717, 1.165) is 38.6 Å². The van der Waals surface area contributed by atoms with Crippen LogP contribution >= 0.6 is 12.4 Å². The van der Waals surface area contributed by atoms with E-state index in [2.05, 4.69) is 37.5 Å². The lowest BCUT2D eigenvalue weighted by molar-refractivity contribution is 0.116. The van der Waals surface area contributed by atoms with E-state index in [9.17, 15) is 5.11 Å². The number of aliphatic hydroxyl groups excluding tert-OH is 1. The van der Waals surface area contributed by atoms with Crippen LogP contribution in [0.1, 0.15) is 39.0 Å². The smallest absolute Gasteiger partial charge is 0.227 e. The number of anilines is 3. The third kappa shape index (κ3) is 4.42. The van der Waals surface area contributed by atoms with Gasteiger partial charge < -0.3 is 20.6 Å². The van der Waals surface area contributed by atoms with Crippen molar-refractivity contribution < 1.29 is 5.11 Å². The zero-order chi connectivity index (χ0) is 17.8. The van der Waals surface area contributed by atoms with Crippen LogP contribution in [0.2, 0.25) is 0 Å². The largest absolute Gasteiger partial charge is 0.391 e. The molecule has 0 saturated heterocycles. The minimum atomic E-state index is -0.355. The normalized spacial score (nSPS) is 19.7. The summed E-state index contributed by atoms with van der Waals surface area (Å²) in [5, 5.41) is 17.0. The summed E-state index contributed by atoms with van der Waals surface area (Å²) in [5.74, 6) is 1.97. The maximum atomic E-state index is 10.3. The van der Waals surface area contributed by atoms with Crippen molar-refractivity contribution in [3.05, 3.63) is 6.33 Å². The standard InChI is InChI=1S/C17H27N7O.ClH/c1-4-9-18-15-13-14(22-17(23-15)24(2)3)16(20-10-19-13)21-11-7-5-6-8-12(11)25;/h10-12,25H,4-9H2,1-3H3,(H,18,22,23)(H,19,20,21);1H/t11-,12+;/m1./s1. The molecule has 1 fully saturated rings. The van der Waals surface area contributed by atoms with E-state index in [-0.39, 0.29) is 24.6 Å². The third-order valence-corrected chi connectivity index (χ3v) is 4.46. The van der Waals surface area contributed by atoms with Gasteiger partial charge in [-0.1, -0.05) is 19.8 Å². The van der Waals surface area contributed by atoms with Gasteiger partial charge in [-0.05, 0) is 19.3 Å². The van der Waals surface area contributed by atoms with Crippen LogP contribution in [0.3, 0.4) is 0 Å². The van der Waals surface area contributed by atoms with Crippen molar-refractivity contribution in [1.29, 1.82) is 0 Å². The molecule has 2 aromatic rings. The molecule has 2 aromatic heterocycles. The number of nitrogens with zero attached hydrogens (tertiary/aromatic N) is 5. The Morgan fingerprint density at radius 3 is 2.58 bits per heavy atom. The Labute approximate surface area is 160 Å². The van der Waals surface area contributed by atoms with Crippen molar-refractivity contribution in [2.24, 2.45) is 0 Å². The summed E-state index contributed by atoms with van der Waals surface area (Å²) < 4.78 is 0. The molecular weight excluding hydrogens is 354 g/mol. The molecule has 0 spiro atoms. The van der Waals surface area contributed by atoms with Crippen LogP contribution < -0.4 is 15.5 Å². The minimum Gasteiger partial charge on any atom is -0.391 e. The summed E-state index contributed by atoms with van der Waals surface area (Å²) >= 11 is 0. The van der Waals surface area contributed by atoms with Crippen LogP contribution in [0, 0.1) is 0 Å². The Balaban J connectivity index is 0.00000243. The lowest BCUT2D eigenvalue weighted by atomic mass is 9.92. The van der Waals surface area contributed by atoms with Gasteiger partial charge in [-0.3, -0.25) is 0 Å². The minimum absolute atomic E-state index is 0. The molecule has 3 N–H and O–H groups in total.